The highest BCUT2D eigenvalue weighted by Gasteiger charge is 2.67. The third-order valence-corrected chi connectivity index (χ3v) is 6.10. The first-order chi connectivity index (χ1) is 7.56. The van der Waals surface area contributed by atoms with Crippen molar-refractivity contribution in [2.75, 3.05) is 13.2 Å². The van der Waals surface area contributed by atoms with Crippen molar-refractivity contribution in [2.24, 2.45) is 16.7 Å². The van der Waals surface area contributed by atoms with Gasteiger partial charge in [0.25, 0.3) is 0 Å². The van der Waals surface area contributed by atoms with Crippen molar-refractivity contribution in [1.82, 2.24) is 5.32 Å². The maximum Gasteiger partial charge on any atom is 0.0643 e. The fraction of sp³-hybridized carbons (Fsp3) is 1.00. The third kappa shape index (κ3) is 1.39. The molecule has 3 aliphatic rings. The molecule has 0 amide bonds. The van der Waals surface area contributed by atoms with Gasteiger partial charge in [-0.1, -0.05) is 20.8 Å². The first-order valence-electron chi connectivity index (χ1n) is 6.90. The first-order valence-corrected chi connectivity index (χ1v) is 6.90. The van der Waals surface area contributed by atoms with Crippen LogP contribution < -0.4 is 5.32 Å². The van der Waals surface area contributed by atoms with E-state index < -0.39 is 0 Å². The van der Waals surface area contributed by atoms with Gasteiger partial charge < -0.3 is 10.1 Å². The van der Waals surface area contributed by atoms with E-state index in [2.05, 4.69) is 26.1 Å². The molecular formula is C14H25NO. The van der Waals surface area contributed by atoms with Crippen LogP contribution in [-0.4, -0.2) is 25.3 Å². The first kappa shape index (κ1) is 11.0. The van der Waals surface area contributed by atoms with Gasteiger partial charge in [-0.15, -0.1) is 0 Å². The lowest BCUT2D eigenvalue weighted by Crippen LogP contribution is -2.51. The van der Waals surface area contributed by atoms with Crippen molar-refractivity contribution in [3.8, 4) is 0 Å². The lowest BCUT2D eigenvalue weighted by atomic mass is 9.78. The van der Waals surface area contributed by atoms with E-state index in [0.717, 1.165) is 25.2 Å². The smallest absolute Gasteiger partial charge is 0.0643 e. The molecule has 1 saturated heterocycles. The molecule has 0 aromatic carbocycles. The second kappa shape index (κ2) is 3.46. The Bertz CT molecular complexity index is 274. The maximum atomic E-state index is 5.22. The Labute approximate surface area is 99.1 Å². The molecule has 2 heteroatoms. The molecule has 0 radical (unpaired) electrons. The molecule has 1 atom stereocenters. The average Bonchev–Trinajstić information content (AvgIpc) is 2.61. The van der Waals surface area contributed by atoms with Crippen molar-refractivity contribution in [3.63, 3.8) is 0 Å². The van der Waals surface area contributed by atoms with Gasteiger partial charge in [0.05, 0.1) is 19.3 Å². The number of ether oxygens (including phenoxy) is 1. The van der Waals surface area contributed by atoms with Crippen LogP contribution in [0.4, 0.5) is 0 Å². The van der Waals surface area contributed by atoms with Gasteiger partial charge in [-0.05, 0) is 42.4 Å². The lowest BCUT2D eigenvalue weighted by molar-refractivity contribution is -0.0135. The molecule has 1 aliphatic heterocycles. The van der Waals surface area contributed by atoms with Gasteiger partial charge in [0, 0.05) is 6.04 Å². The van der Waals surface area contributed by atoms with E-state index in [0.29, 0.717) is 16.9 Å². The SMILES string of the molecule is CC1C(C)(C)C12CCC(NC1COC1)CC2. The number of nitrogens with one attached hydrogen (secondary N) is 1. The van der Waals surface area contributed by atoms with Crippen LogP contribution in [0.25, 0.3) is 0 Å². The third-order valence-electron chi connectivity index (χ3n) is 6.10. The molecule has 92 valence electrons. The molecule has 1 N–H and O–H groups in total. The number of hydrogen-bond acceptors (Lipinski definition) is 2. The van der Waals surface area contributed by atoms with Crippen molar-refractivity contribution in [3.05, 3.63) is 0 Å². The summed E-state index contributed by atoms with van der Waals surface area (Å²) in [5.74, 6) is 0.938. The normalized spacial score (nSPS) is 46.7. The molecule has 0 aromatic heterocycles. The van der Waals surface area contributed by atoms with Gasteiger partial charge in [0.15, 0.2) is 0 Å². The van der Waals surface area contributed by atoms with Gasteiger partial charge in [0.2, 0.25) is 0 Å². The molecular weight excluding hydrogens is 198 g/mol. The Morgan fingerprint density at radius 1 is 1.06 bits per heavy atom. The summed E-state index contributed by atoms with van der Waals surface area (Å²) in [5.41, 5.74) is 1.30. The molecule has 16 heavy (non-hydrogen) atoms. The number of rotatable bonds is 2. The van der Waals surface area contributed by atoms with Crippen LogP contribution in [0.15, 0.2) is 0 Å². The maximum absolute atomic E-state index is 5.22. The van der Waals surface area contributed by atoms with Crippen LogP contribution in [0, 0.1) is 16.7 Å². The summed E-state index contributed by atoms with van der Waals surface area (Å²) in [5, 5.41) is 3.74. The molecule has 1 spiro atoms. The van der Waals surface area contributed by atoms with Gasteiger partial charge >= 0.3 is 0 Å². The Balaban J connectivity index is 1.53. The van der Waals surface area contributed by atoms with Crippen molar-refractivity contribution < 1.29 is 4.74 Å². The largest absolute Gasteiger partial charge is 0.378 e. The highest BCUT2D eigenvalue weighted by atomic mass is 16.5. The predicted octanol–water partition coefficient (Wildman–Crippen LogP) is 2.58. The van der Waals surface area contributed by atoms with E-state index >= 15 is 0 Å². The summed E-state index contributed by atoms with van der Waals surface area (Å²) in [7, 11) is 0. The second-order valence-corrected chi connectivity index (χ2v) is 6.77. The van der Waals surface area contributed by atoms with E-state index in [4.69, 9.17) is 4.74 Å². The standard InChI is InChI=1S/C14H25NO/c1-10-13(2,3)14(10)6-4-11(5-7-14)15-12-8-16-9-12/h10-12,15H,4-9H2,1-3H3. The summed E-state index contributed by atoms with van der Waals surface area (Å²) >= 11 is 0. The van der Waals surface area contributed by atoms with Crippen LogP contribution in [0.2, 0.25) is 0 Å². The summed E-state index contributed by atoms with van der Waals surface area (Å²) in [4.78, 5) is 0. The average molecular weight is 223 g/mol. The Morgan fingerprint density at radius 3 is 2.00 bits per heavy atom. The minimum Gasteiger partial charge on any atom is -0.378 e. The Hall–Kier alpha value is -0.0800. The van der Waals surface area contributed by atoms with Gasteiger partial charge in [-0.2, -0.15) is 0 Å². The highest BCUT2D eigenvalue weighted by molar-refractivity contribution is 5.16. The molecule has 0 aromatic rings. The zero-order valence-corrected chi connectivity index (χ0v) is 10.9. The molecule has 2 saturated carbocycles. The van der Waals surface area contributed by atoms with Gasteiger partial charge in [0.1, 0.15) is 0 Å². The van der Waals surface area contributed by atoms with Crippen LogP contribution in [0.5, 0.6) is 0 Å². The summed E-state index contributed by atoms with van der Waals surface area (Å²) in [6.07, 6.45) is 5.63. The molecule has 3 rings (SSSR count). The molecule has 1 unspecified atom stereocenters. The molecule has 0 bridgehead atoms. The van der Waals surface area contributed by atoms with E-state index in [1.165, 1.54) is 25.7 Å². The minimum atomic E-state index is 0.609. The zero-order chi connectivity index (χ0) is 11.4. The van der Waals surface area contributed by atoms with Crippen molar-refractivity contribution in [1.29, 1.82) is 0 Å². The zero-order valence-electron chi connectivity index (χ0n) is 10.9. The predicted molar refractivity (Wildman–Crippen MR) is 65.4 cm³/mol. The van der Waals surface area contributed by atoms with E-state index in [1.54, 1.807) is 0 Å². The van der Waals surface area contributed by atoms with Crippen LogP contribution in [-0.2, 0) is 4.74 Å². The second-order valence-electron chi connectivity index (χ2n) is 6.77. The summed E-state index contributed by atoms with van der Waals surface area (Å²) in [6, 6.07) is 1.42. The van der Waals surface area contributed by atoms with Crippen molar-refractivity contribution in [2.45, 2.75) is 58.5 Å². The van der Waals surface area contributed by atoms with Crippen LogP contribution >= 0.6 is 0 Å². The summed E-state index contributed by atoms with van der Waals surface area (Å²) in [6.45, 7) is 9.25. The lowest BCUT2D eigenvalue weighted by Gasteiger charge is -2.37. The molecule has 3 fully saturated rings. The number of hydrogen-bond donors (Lipinski definition) is 1. The Kier molecular flexibility index (Phi) is 2.38. The van der Waals surface area contributed by atoms with E-state index in [9.17, 15) is 0 Å². The summed E-state index contributed by atoms with van der Waals surface area (Å²) < 4.78 is 5.22. The fourth-order valence-corrected chi connectivity index (χ4v) is 4.27. The molecule has 2 nitrogen and oxygen atoms in total. The molecule has 1 heterocycles. The van der Waals surface area contributed by atoms with Crippen LogP contribution in [0.3, 0.4) is 0 Å². The fourth-order valence-electron chi connectivity index (χ4n) is 4.27. The van der Waals surface area contributed by atoms with E-state index in [1.807, 2.05) is 0 Å². The van der Waals surface area contributed by atoms with E-state index in [-0.39, 0.29) is 0 Å². The minimum absolute atomic E-state index is 0.609. The topological polar surface area (TPSA) is 21.3 Å². The van der Waals surface area contributed by atoms with Gasteiger partial charge in [-0.3, -0.25) is 0 Å². The Morgan fingerprint density at radius 2 is 1.62 bits per heavy atom. The highest BCUT2D eigenvalue weighted by Crippen LogP contribution is 2.74. The van der Waals surface area contributed by atoms with Crippen molar-refractivity contribution >= 4 is 0 Å². The van der Waals surface area contributed by atoms with Gasteiger partial charge in [-0.25, -0.2) is 0 Å². The van der Waals surface area contributed by atoms with Crippen LogP contribution in [0.1, 0.15) is 46.5 Å². The molecule has 2 aliphatic carbocycles. The monoisotopic (exact) mass is 223 g/mol. The quantitative estimate of drug-likeness (QED) is 0.777.